The Kier molecular flexibility index (Phi) is 3.57. The van der Waals surface area contributed by atoms with Crippen molar-refractivity contribution in [3.63, 3.8) is 0 Å². The monoisotopic (exact) mass is 349 g/mol. The molecule has 0 aliphatic carbocycles. The number of halogens is 1. The summed E-state index contributed by atoms with van der Waals surface area (Å²) in [5.74, 6) is 0.267. The molecule has 0 fully saturated rings. The summed E-state index contributed by atoms with van der Waals surface area (Å²) >= 11 is 4.68. The third-order valence-electron chi connectivity index (χ3n) is 2.40. The molecule has 0 aliphatic rings. The molecule has 0 aliphatic heterocycles. The molecule has 0 atom stereocenters. The average molecular weight is 350 g/mol. The first-order chi connectivity index (χ1) is 9.72. The van der Waals surface area contributed by atoms with Crippen molar-refractivity contribution in [2.45, 2.75) is 0 Å². The van der Waals surface area contributed by atoms with Crippen LogP contribution in [-0.2, 0) is 0 Å². The Bertz CT molecular complexity index is 723. The molecule has 100 valence electrons. The van der Waals surface area contributed by atoms with Gasteiger partial charge >= 0.3 is 0 Å². The first-order valence-electron chi connectivity index (χ1n) is 5.60. The van der Waals surface area contributed by atoms with E-state index in [9.17, 15) is 4.79 Å². The molecule has 3 rings (SSSR count). The third-order valence-corrected chi connectivity index (χ3v) is 4.09. The molecule has 0 unspecified atom stereocenters. The second-order valence-electron chi connectivity index (χ2n) is 3.81. The Morgan fingerprint density at radius 3 is 2.75 bits per heavy atom. The van der Waals surface area contributed by atoms with Crippen LogP contribution in [0.5, 0.6) is 0 Å². The summed E-state index contributed by atoms with van der Waals surface area (Å²) in [6.45, 7) is 0. The van der Waals surface area contributed by atoms with Gasteiger partial charge in [0.25, 0.3) is 11.9 Å². The molecule has 1 N–H and O–H groups in total. The Hall–Kier alpha value is -2.06. The normalized spacial score (nSPS) is 10.4. The summed E-state index contributed by atoms with van der Waals surface area (Å²) in [6.07, 6.45) is 6.49. The number of rotatable bonds is 3. The molecule has 20 heavy (non-hydrogen) atoms. The van der Waals surface area contributed by atoms with Crippen LogP contribution < -0.4 is 5.32 Å². The highest BCUT2D eigenvalue weighted by molar-refractivity contribution is 9.10. The fraction of sp³-hybridized carbons (Fsp3) is 0. The zero-order valence-corrected chi connectivity index (χ0v) is 12.4. The van der Waals surface area contributed by atoms with Gasteiger partial charge < -0.3 is 5.32 Å². The Balaban J connectivity index is 1.74. The van der Waals surface area contributed by atoms with E-state index >= 15 is 0 Å². The van der Waals surface area contributed by atoms with E-state index in [0.717, 1.165) is 4.47 Å². The van der Waals surface area contributed by atoms with E-state index in [2.05, 4.69) is 36.3 Å². The molecule has 8 heteroatoms. The maximum absolute atomic E-state index is 11.9. The van der Waals surface area contributed by atoms with Gasteiger partial charge in [0.15, 0.2) is 0 Å². The van der Waals surface area contributed by atoms with Gasteiger partial charge in [-0.1, -0.05) is 0 Å². The third kappa shape index (κ3) is 2.75. The molecule has 3 aromatic rings. The lowest BCUT2D eigenvalue weighted by atomic mass is 10.4. The first kappa shape index (κ1) is 12.9. The van der Waals surface area contributed by atoms with Crippen molar-refractivity contribution < 1.29 is 4.79 Å². The standard InChI is InChI=1S/C12H8BrN5OS/c13-8-4-10(20-7-8)11(19)17-9-5-14-12(15-6-9)18-3-1-2-16-18/h1-7H,(H,17,19). The van der Waals surface area contributed by atoms with E-state index in [4.69, 9.17) is 0 Å². The van der Waals surface area contributed by atoms with E-state index in [1.165, 1.54) is 11.3 Å². The summed E-state index contributed by atoms with van der Waals surface area (Å²) in [6, 6.07) is 3.55. The highest BCUT2D eigenvalue weighted by atomic mass is 79.9. The topological polar surface area (TPSA) is 72.7 Å². The maximum Gasteiger partial charge on any atom is 0.265 e. The van der Waals surface area contributed by atoms with Crippen molar-refractivity contribution in [2.75, 3.05) is 5.32 Å². The van der Waals surface area contributed by atoms with Gasteiger partial charge in [-0.05, 0) is 28.1 Å². The number of aromatic nitrogens is 4. The summed E-state index contributed by atoms with van der Waals surface area (Å²) in [4.78, 5) is 20.8. The van der Waals surface area contributed by atoms with Gasteiger partial charge in [-0.3, -0.25) is 4.79 Å². The fourth-order valence-corrected chi connectivity index (χ4v) is 2.84. The summed E-state index contributed by atoms with van der Waals surface area (Å²) in [5.41, 5.74) is 0.537. The molecule has 0 saturated heterocycles. The number of anilines is 1. The molecular weight excluding hydrogens is 342 g/mol. The highest BCUT2D eigenvalue weighted by Crippen LogP contribution is 2.20. The van der Waals surface area contributed by atoms with Crippen molar-refractivity contribution in [1.82, 2.24) is 19.7 Å². The lowest BCUT2D eigenvalue weighted by Crippen LogP contribution is -2.11. The van der Waals surface area contributed by atoms with Crippen molar-refractivity contribution >= 4 is 38.9 Å². The van der Waals surface area contributed by atoms with Crippen molar-refractivity contribution in [2.24, 2.45) is 0 Å². The van der Waals surface area contributed by atoms with Crippen LogP contribution in [0.2, 0.25) is 0 Å². The van der Waals surface area contributed by atoms with Crippen LogP contribution in [0.3, 0.4) is 0 Å². The minimum Gasteiger partial charge on any atom is -0.319 e. The maximum atomic E-state index is 11.9. The second kappa shape index (κ2) is 5.51. The lowest BCUT2D eigenvalue weighted by Gasteiger charge is -2.03. The van der Waals surface area contributed by atoms with Crippen LogP contribution in [0.25, 0.3) is 5.95 Å². The van der Waals surface area contributed by atoms with E-state index < -0.39 is 0 Å². The number of amides is 1. The zero-order valence-electron chi connectivity index (χ0n) is 10.0. The number of nitrogens with one attached hydrogen (secondary N) is 1. The first-order valence-corrected chi connectivity index (χ1v) is 7.27. The molecular formula is C12H8BrN5OS. The summed E-state index contributed by atoms with van der Waals surface area (Å²) in [7, 11) is 0. The molecule has 0 radical (unpaired) electrons. The van der Waals surface area contributed by atoms with Crippen LogP contribution in [0.15, 0.2) is 46.8 Å². The van der Waals surface area contributed by atoms with Gasteiger partial charge in [-0.25, -0.2) is 14.6 Å². The predicted octanol–water partition coefficient (Wildman–Crippen LogP) is 2.74. The van der Waals surface area contributed by atoms with Gasteiger partial charge in [-0.15, -0.1) is 11.3 Å². The molecule has 1 amide bonds. The lowest BCUT2D eigenvalue weighted by molar-refractivity contribution is 0.103. The van der Waals surface area contributed by atoms with E-state index in [1.807, 2.05) is 5.38 Å². The van der Waals surface area contributed by atoms with Crippen LogP contribution in [0, 0.1) is 0 Å². The number of nitrogens with zero attached hydrogens (tertiary/aromatic N) is 4. The quantitative estimate of drug-likeness (QED) is 0.788. The number of carbonyl (C=O) groups is 1. The van der Waals surface area contributed by atoms with Crippen LogP contribution >= 0.6 is 27.3 Å². The van der Waals surface area contributed by atoms with Gasteiger partial charge in [0, 0.05) is 22.2 Å². The van der Waals surface area contributed by atoms with Crippen molar-refractivity contribution in [1.29, 1.82) is 0 Å². The Morgan fingerprint density at radius 1 is 1.35 bits per heavy atom. The Labute approximate surface area is 126 Å². The van der Waals surface area contributed by atoms with Gasteiger partial charge in [-0.2, -0.15) is 5.10 Å². The number of carbonyl (C=O) groups excluding carboxylic acids is 1. The highest BCUT2D eigenvalue weighted by Gasteiger charge is 2.09. The number of thiophene rings is 1. The van der Waals surface area contributed by atoms with Crippen molar-refractivity contribution in [3.05, 3.63) is 51.7 Å². The average Bonchev–Trinajstić information content (AvgIpc) is 3.10. The van der Waals surface area contributed by atoms with Gasteiger partial charge in [0.05, 0.1) is 23.0 Å². The van der Waals surface area contributed by atoms with Gasteiger partial charge in [0.2, 0.25) is 0 Å². The van der Waals surface area contributed by atoms with Crippen molar-refractivity contribution in [3.8, 4) is 5.95 Å². The molecule has 6 nitrogen and oxygen atoms in total. The van der Waals surface area contributed by atoms with Crippen LogP contribution in [-0.4, -0.2) is 25.7 Å². The predicted molar refractivity (Wildman–Crippen MR) is 79.1 cm³/mol. The van der Waals surface area contributed by atoms with Crippen LogP contribution in [0.1, 0.15) is 9.67 Å². The molecule has 3 heterocycles. The number of hydrogen-bond acceptors (Lipinski definition) is 5. The Morgan fingerprint density at radius 2 is 2.15 bits per heavy atom. The number of hydrogen-bond donors (Lipinski definition) is 1. The van der Waals surface area contributed by atoms with Gasteiger partial charge in [0.1, 0.15) is 0 Å². The summed E-state index contributed by atoms with van der Waals surface area (Å²) < 4.78 is 2.43. The molecule has 0 saturated carbocycles. The fourth-order valence-electron chi connectivity index (χ4n) is 1.52. The SMILES string of the molecule is O=C(Nc1cnc(-n2cccn2)nc1)c1cc(Br)cs1. The largest absolute Gasteiger partial charge is 0.319 e. The summed E-state index contributed by atoms with van der Waals surface area (Å²) in [5, 5.41) is 8.62. The molecule has 0 bridgehead atoms. The van der Waals surface area contributed by atoms with E-state index in [0.29, 0.717) is 16.5 Å². The van der Waals surface area contributed by atoms with E-state index in [-0.39, 0.29) is 5.91 Å². The molecule has 3 aromatic heterocycles. The minimum absolute atomic E-state index is 0.184. The van der Waals surface area contributed by atoms with E-state index in [1.54, 1.807) is 41.6 Å². The smallest absolute Gasteiger partial charge is 0.265 e. The zero-order chi connectivity index (χ0) is 13.9. The minimum atomic E-state index is -0.184. The van der Waals surface area contributed by atoms with Crippen LogP contribution in [0.4, 0.5) is 5.69 Å². The second-order valence-corrected chi connectivity index (χ2v) is 5.63. The molecule has 0 aromatic carbocycles. The molecule has 0 spiro atoms.